The number of rotatable bonds is 3. The maximum Gasteiger partial charge on any atom is 0.411 e. The van der Waals surface area contributed by atoms with Crippen LogP contribution in [0, 0.1) is 0 Å². The summed E-state index contributed by atoms with van der Waals surface area (Å²) in [4.78, 5) is 13.8. The maximum atomic E-state index is 12.3. The Balaban J connectivity index is 2.35. The molecule has 1 aromatic rings. The highest BCUT2D eigenvalue weighted by Crippen LogP contribution is 2.35. The van der Waals surface area contributed by atoms with Gasteiger partial charge in [-0.15, -0.1) is 0 Å². The molecule has 1 aromatic heterocycles. The van der Waals surface area contributed by atoms with E-state index in [1.807, 2.05) is 0 Å². The van der Waals surface area contributed by atoms with Crippen LogP contribution in [-0.4, -0.2) is 54.2 Å². The van der Waals surface area contributed by atoms with Crippen molar-refractivity contribution in [3.05, 3.63) is 17.5 Å². The van der Waals surface area contributed by atoms with Gasteiger partial charge in [0.2, 0.25) is 0 Å². The normalized spacial score (nSPS) is 18.4. The summed E-state index contributed by atoms with van der Waals surface area (Å²) < 4.78 is 35.0. The molecule has 124 valence electrons. The Morgan fingerprint density at radius 2 is 2.09 bits per heavy atom. The third-order valence-corrected chi connectivity index (χ3v) is 4.13. The fraction of sp³-hybridized carbons (Fsp3) is 0.692. The van der Waals surface area contributed by atoms with Crippen molar-refractivity contribution in [2.75, 3.05) is 20.0 Å². The first-order valence-corrected chi connectivity index (χ1v) is 8.65. The molecule has 2 heterocycles. The molecular formula is C13H21N3O5S. The number of aromatic nitrogens is 2. The first-order valence-electron chi connectivity index (χ1n) is 6.80. The Labute approximate surface area is 130 Å². The summed E-state index contributed by atoms with van der Waals surface area (Å²) in [6.07, 6.45) is 2.03. The summed E-state index contributed by atoms with van der Waals surface area (Å²) in [6, 6.07) is -0.412. The molecule has 1 amide bonds. The molecule has 2 rings (SSSR count). The van der Waals surface area contributed by atoms with Gasteiger partial charge in [0.25, 0.3) is 10.0 Å². The van der Waals surface area contributed by atoms with Crippen LogP contribution in [0.4, 0.5) is 4.79 Å². The van der Waals surface area contributed by atoms with Gasteiger partial charge in [0.15, 0.2) is 0 Å². The summed E-state index contributed by atoms with van der Waals surface area (Å²) in [5.74, 6) is 0. The van der Waals surface area contributed by atoms with Crippen LogP contribution < -0.4 is 0 Å². The highest BCUT2D eigenvalue weighted by Gasteiger charge is 2.40. The van der Waals surface area contributed by atoms with Crippen LogP contribution in [0.15, 0.2) is 6.20 Å². The predicted octanol–water partition coefficient (Wildman–Crippen LogP) is 1.13. The largest absolute Gasteiger partial charge is 0.444 e. The van der Waals surface area contributed by atoms with Gasteiger partial charge < -0.3 is 9.47 Å². The minimum Gasteiger partial charge on any atom is -0.444 e. The van der Waals surface area contributed by atoms with E-state index >= 15 is 0 Å². The lowest BCUT2D eigenvalue weighted by Crippen LogP contribution is -2.37. The fourth-order valence-corrected chi connectivity index (χ4v) is 3.16. The van der Waals surface area contributed by atoms with Crippen LogP contribution in [0.2, 0.25) is 0 Å². The van der Waals surface area contributed by atoms with Crippen LogP contribution >= 0.6 is 0 Å². The molecule has 0 aliphatic carbocycles. The lowest BCUT2D eigenvalue weighted by molar-refractivity contribution is 0.00748. The van der Waals surface area contributed by atoms with E-state index in [0.717, 1.165) is 10.3 Å². The lowest BCUT2D eigenvalue weighted by atomic mass is 10.1. The number of hydrogen-bond donors (Lipinski definition) is 0. The molecular weight excluding hydrogens is 310 g/mol. The van der Waals surface area contributed by atoms with Crippen molar-refractivity contribution in [1.82, 2.24) is 14.1 Å². The number of fused-ring (bicyclic) bond motifs is 1. The topological polar surface area (TPSA) is 90.7 Å². The lowest BCUT2D eigenvalue weighted by Gasteiger charge is -2.28. The Morgan fingerprint density at radius 3 is 2.59 bits per heavy atom. The summed E-state index contributed by atoms with van der Waals surface area (Å²) in [7, 11) is -2.00. The molecule has 0 unspecified atom stereocenters. The third kappa shape index (κ3) is 3.25. The molecule has 0 bridgehead atoms. The highest BCUT2D eigenvalue weighted by molar-refractivity contribution is 7.89. The SMILES string of the molecule is COC[C@@H]1c2cnn(S(C)(=O)=O)c2CN1C(=O)OC(C)(C)C. The second-order valence-electron chi connectivity index (χ2n) is 6.23. The van der Waals surface area contributed by atoms with Crippen molar-refractivity contribution in [3.63, 3.8) is 0 Å². The fourth-order valence-electron chi connectivity index (χ4n) is 2.37. The number of methoxy groups -OCH3 is 1. The predicted molar refractivity (Wildman–Crippen MR) is 78.9 cm³/mol. The minimum atomic E-state index is -3.52. The minimum absolute atomic E-state index is 0.116. The van der Waals surface area contributed by atoms with Gasteiger partial charge >= 0.3 is 6.09 Å². The number of amides is 1. The van der Waals surface area contributed by atoms with Crippen LogP contribution in [0.5, 0.6) is 0 Å². The van der Waals surface area contributed by atoms with E-state index in [4.69, 9.17) is 9.47 Å². The van der Waals surface area contributed by atoms with Crippen LogP contribution in [0.1, 0.15) is 38.1 Å². The number of carbonyl (C=O) groups is 1. The molecule has 0 radical (unpaired) electrons. The summed E-state index contributed by atoms with van der Waals surface area (Å²) >= 11 is 0. The molecule has 0 saturated carbocycles. The van der Waals surface area contributed by atoms with Gasteiger partial charge in [-0.05, 0) is 20.8 Å². The Morgan fingerprint density at radius 1 is 1.45 bits per heavy atom. The molecule has 1 atom stereocenters. The van der Waals surface area contributed by atoms with Gasteiger partial charge in [-0.25, -0.2) is 13.2 Å². The van der Waals surface area contributed by atoms with E-state index in [9.17, 15) is 13.2 Å². The Bertz CT molecular complexity index is 674. The average molecular weight is 331 g/mol. The summed E-state index contributed by atoms with van der Waals surface area (Å²) in [6.45, 7) is 5.68. The molecule has 8 nitrogen and oxygen atoms in total. The van der Waals surface area contributed by atoms with E-state index in [0.29, 0.717) is 11.3 Å². The van der Waals surface area contributed by atoms with Gasteiger partial charge in [-0.2, -0.15) is 9.19 Å². The molecule has 0 spiro atoms. The maximum absolute atomic E-state index is 12.3. The van der Waals surface area contributed by atoms with E-state index in [1.165, 1.54) is 18.2 Å². The second-order valence-corrected chi connectivity index (χ2v) is 8.04. The zero-order valence-corrected chi connectivity index (χ0v) is 14.2. The number of carbonyl (C=O) groups excluding carboxylic acids is 1. The van der Waals surface area contributed by atoms with Gasteiger partial charge in [0.05, 0.1) is 37.3 Å². The highest BCUT2D eigenvalue weighted by atomic mass is 32.2. The van der Waals surface area contributed by atoms with Crippen molar-refractivity contribution in [1.29, 1.82) is 0 Å². The van der Waals surface area contributed by atoms with Crippen molar-refractivity contribution in [3.8, 4) is 0 Å². The quantitative estimate of drug-likeness (QED) is 0.824. The van der Waals surface area contributed by atoms with E-state index < -0.39 is 27.8 Å². The van der Waals surface area contributed by atoms with Gasteiger partial charge in [-0.3, -0.25) is 4.90 Å². The molecule has 0 fully saturated rings. The zero-order valence-electron chi connectivity index (χ0n) is 13.4. The van der Waals surface area contributed by atoms with Crippen LogP contribution in [-0.2, 0) is 26.0 Å². The molecule has 0 saturated heterocycles. The molecule has 0 aromatic carbocycles. The zero-order chi connectivity index (χ0) is 16.7. The molecule has 1 aliphatic heterocycles. The van der Waals surface area contributed by atoms with Crippen molar-refractivity contribution >= 4 is 16.1 Å². The third-order valence-electron chi connectivity index (χ3n) is 3.19. The van der Waals surface area contributed by atoms with Crippen molar-refractivity contribution in [2.24, 2.45) is 0 Å². The summed E-state index contributed by atoms with van der Waals surface area (Å²) in [5.41, 5.74) is 0.500. The first kappa shape index (κ1) is 16.8. The van der Waals surface area contributed by atoms with E-state index in [1.54, 1.807) is 20.8 Å². The van der Waals surface area contributed by atoms with Crippen LogP contribution in [0.3, 0.4) is 0 Å². The van der Waals surface area contributed by atoms with E-state index in [-0.39, 0.29) is 13.2 Å². The number of ether oxygens (including phenoxy) is 2. The molecule has 1 aliphatic rings. The van der Waals surface area contributed by atoms with Gasteiger partial charge in [0, 0.05) is 12.7 Å². The molecule has 9 heteroatoms. The van der Waals surface area contributed by atoms with Crippen molar-refractivity contribution < 1.29 is 22.7 Å². The van der Waals surface area contributed by atoms with Crippen LogP contribution in [0.25, 0.3) is 0 Å². The molecule has 0 N–H and O–H groups in total. The average Bonchev–Trinajstić information content (AvgIpc) is 2.86. The monoisotopic (exact) mass is 331 g/mol. The number of hydrogen-bond acceptors (Lipinski definition) is 6. The second kappa shape index (κ2) is 5.54. The molecule has 22 heavy (non-hydrogen) atoms. The summed E-state index contributed by atoms with van der Waals surface area (Å²) in [5, 5.41) is 3.90. The van der Waals surface area contributed by atoms with Gasteiger partial charge in [0.1, 0.15) is 5.60 Å². The smallest absolute Gasteiger partial charge is 0.411 e. The first-order chi connectivity index (χ1) is 10.0. The standard InChI is InChI=1S/C13H21N3O5S/c1-13(2,3)21-12(17)15-7-10-9(11(15)8-20-4)6-14-16(10)22(5,18)19/h6,11H,7-8H2,1-5H3/t11-/m1/s1. The van der Waals surface area contributed by atoms with Gasteiger partial charge in [-0.1, -0.05) is 0 Å². The number of nitrogens with zero attached hydrogens (tertiary/aromatic N) is 3. The van der Waals surface area contributed by atoms with E-state index in [2.05, 4.69) is 5.10 Å². The Hall–Kier alpha value is -1.61. The van der Waals surface area contributed by atoms with Crippen molar-refractivity contribution in [2.45, 2.75) is 39.0 Å². The Kier molecular flexibility index (Phi) is 4.22.